The van der Waals surface area contributed by atoms with Crippen LogP contribution in [0.2, 0.25) is 5.15 Å². The van der Waals surface area contributed by atoms with E-state index in [4.69, 9.17) is 31.1 Å². The molecule has 0 saturated carbocycles. The van der Waals surface area contributed by atoms with Gasteiger partial charge in [0.25, 0.3) is 5.91 Å². The van der Waals surface area contributed by atoms with E-state index in [0.717, 1.165) is 5.39 Å². The van der Waals surface area contributed by atoms with Crippen LogP contribution in [0.3, 0.4) is 0 Å². The van der Waals surface area contributed by atoms with Gasteiger partial charge in [0.2, 0.25) is 0 Å². The molecule has 15 nitrogen and oxygen atoms in total. The summed E-state index contributed by atoms with van der Waals surface area (Å²) in [5.41, 5.74) is 0.547. The number of hydrogen-bond donors (Lipinski definition) is 5. The van der Waals surface area contributed by atoms with Crippen molar-refractivity contribution < 1.29 is 42.8 Å². The van der Waals surface area contributed by atoms with E-state index in [1.165, 1.54) is 38.5 Å². The van der Waals surface area contributed by atoms with Crippen LogP contribution < -0.4 is 16.0 Å². The lowest BCUT2D eigenvalue weighted by Crippen LogP contribution is -2.42. The van der Waals surface area contributed by atoms with E-state index in [9.17, 15) is 28.6 Å². The van der Waals surface area contributed by atoms with E-state index >= 15 is 0 Å². The van der Waals surface area contributed by atoms with Gasteiger partial charge >= 0.3 is 5.97 Å². The fraction of sp³-hybridized carbons (Fsp3) is 0.459. The largest absolute Gasteiger partial charge is 0.462 e. The van der Waals surface area contributed by atoms with E-state index in [0.29, 0.717) is 61.1 Å². The van der Waals surface area contributed by atoms with Gasteiger partial charge in [0, 0.05) is 49.5 Å². The van der Waals surface area contributed by atoms with Gasteiger partial charge in [-0.1, -0.05) is 11.6 Å². The van der Waals surface area contributed by atoms with Crippen molar-refractivity contribution in [1.29, 1.82) is 5.26 Å². The molecular weight excluding hydrogens is 742 g/mol. The Morgan fingerprint density at radius 1 is 1.07 bits per heavy atom. The number of carbonyl (C=O) groups excluding carboxylic acids is 2. The van der Waals surface area contributed by atoms with E-state index in [2.05, 4.69) is 30.9 Å². The van der Waals surface area contributed by atoms with E-state index < -0.39 is 48.5 Å². The Labute approximate surface area is 321 Å². The summed E-state index contributed by atoms with van der Waals surface area (Å²) in [6.07, 6.45) is 3.31. The maximum atomic E-state index is 14.5. The number of nitrogens with one attached hydrogen (secondary N) is 3. The molecule has 1 amide bonds. The topological polar surface area (TPSA) is 206 Å². The maximum Gasteiger partial charge on any atom is 0.341 e. The quantitative estimate of drug-likeness (QED) is 0.107. The molecule has 2 saturated heterocycles. The number of hydrogen-bond acceptors (Lipinski definition) is 13. The molecule has 18 heteroatoms. The molecule has 0 aliphatic carbocycles. The Balaban J connectivity index is 0.000000246. The van der Waals surface area contributed by atoms with Crippen molar-refractivity contribution in [2.24, 2.45) is 0 Å². The summed E-state index contributed by atoms with van der Waals surface area (Å²) in [5.74, 6) is -0.681. The fourth-order valence-corrected chi connectivity index (χ4v) is 5.88. The Hall–Kier alpha value is -4.99. The number of aliphatic hydroxyl groups is 2. The van der Waals surface area contributed by atoms with Crippen LogP contribution in [0.25, 0.3) is 16.9 Å². The van der Waals surface area contributed by atoms with Crippen molar-refractivity contribution in [2.45, 2.75) is 69.7 Å². The first-order chi connectivity index (χ1) is 26.3. The number of alkyl halides is 2. The zero-order valence-electron chi connectivity index (χ0n) is 30.5. The molecule has 2 aliphatic rings. The number of carbonyl (C=O) groups is 2. The van der Waals surface area contributed by atoms with Crippen LogP contribution in [0.4, 0.5) is 20.2 Å². The minimum Gasteiger partial charge on any atom is -0.462 e. The molecule has 5 atom stereocenters. The SMILES string of the molecule is CC(C)(O)[C@H](F)CNC(=O)c1cnc(-n2ccc3cc(C#N)cnc32)cc1NC1CCOCC1F.CCOC(=O)c1cnc(Cl)cc1NC1COCCC1O. The lowest BCUT2D eigenvalue weighted by molar-refractivity contribution is -0.00179. The van der Waals surface area contributed by atoms with Gasteiger partial charge in [-0.2, -0.15) is 5.26 Å². The Morgan fingerprint density at radius 3 is 2.49 bits per heavy atom. The first-order valence-electron chi connectivity index (χ1n) is 17.6. The lowest BCUT2D eigenvalue weighted by Gasteiger charge is -2.29. The standard InChI is InChI=1S/C24H26F2N6O3.C13H17ClN2O4/c1-24(2,34)20(26)12-30-23(33)16-11-28-21(8-19(16)31-18-4-6-35-13-17(18)25)32-5-3-15-7-14(9-27)10-29-22(15)32;1-2-20-13(18)8-6-15-12(14)5-9(8)16-10-7-19-4-3-11(10)17/h3,5,7-8,10-11,17-18,20,34H,4,6,12-13H2,1-2H3,(H,28,31)(H,30,33);5-6,10-11,17H,2-4,7H2,1H3,(H,15,16)/t17?,18?,20-;/m1./s1. The van der Waals surface area contributed by atoms with Gasteiger partial charge in [-0.3, -0.25) is 9.36 Å². The van der Waals surface area contributed by atoms with Crippen LogP contribution in [0.5, 0.6) is 0 Å². The Bertz CT molecular complexity index is 2010. The first-order valence-corrected chi connectivity index (χ1v) is 18.0. The number of ether oxygens (including phenoxy) is 3. The number of fused-ring (bicyclic) bond motifs is 1. The predicted molar refractivity (Wildman–Crippen MR) is 199 cm³/mol. The molecule has 2 aliphatic heterocycles. The average Bonchev–Trinajstić information content (AvgIpc) is 3.59. The van der Waals surface area contributed by atoms with Crippen molar-refractivity contribution in [3.8, 4) is 11.9 Å². The highest BCUT2D eigenvalue weighted by Gasteiger charge is 2.30. The number of esters is 1. The lowest BCUT2D eigenvalue weighted by atomic mass is 10.0. The molecule has 0 bridgehead atoms. The molecule has 0 spiro atoms. The molecule has 4 aromatic heterocycles. The van der Waals surface area contributed by atoms with Gasteiger partial charge in [-0.15, -0.1) is 0 Å². The molecule has 2 fully saturated rings. The summed E-state index contributed by atoms with van der Waals surface area (Å²) in [4.78, 5) is 37.4. The highest BCUT2D eigenvalue weighted by molar-refractivity contribution is 6.29. The average molecular weight is 785 g/mol. The van der Waals surface area contributed by atoms with Crippen molar-refractivity contribution in [3.63, 3.8) is 0 Å². The zero-order valence-corrected chi connectivity index (χ0v) is 31.2. The summed E-state index contributed by atoms with van der Waals surface area (Å²) >= 11 is 5.86. The van der Waals surface area contributed by atoms with Crippen molar-refractivity contribution in [2.75, 3.05) is 50.2 Å². The molecule has 294 valence electrons. The summed E-state index contributed by atoms with van der Waals surface area (Å²) in [7, 11) is 0. The Morgan fingerprint density at radius 2 is 1.78 bits per heavy atom. The number of halogens is 3. The molecule has 55 heavy (non-hydrogen) atoms. The molecule has 0 aromatic carbocycles. The number of pyridine rings is 3. The van der Waals surface area contributed by atoms with Crippen molar-refractivity contribution >= 4 is 45.9 Å². The van der Waals surface area contributed by atoms with E-state index in [1.807, 2.05) is 6.07 Å². The molecular formula is C37H43ClF2N8O7. The van der Waals surface area contributed by atoms with Gasteiger partial charge in [-0.25, -0.2) is 28.5 Å². The first kappa shape index (κ1) is 41.2. The van der Waals surface area contributed by atoms with Crippen LogP contribution in [0.15, 0.2) is 49.1 Å². The van der Waals surface area contributed by atoms with Gasteiger partial charge in [0.1, 0.15) is 40.6 Å². The third-order valence-corrected chi connectivity index (χ3v) is 9.11. The number of anilines is 2. The third-order valence-electron chi connectivity index (χ3n) is 8.90. The van der Waals surface area contributed by atoms with Crippen LogP contribution in [-0.2, 0) is 14.2 Å². The summed E-state index contributed by atoms with van der Waals surface area (Å²) in [6.45, 7) is 5.44. The van der Waals surface area contributed by atoms with E-state index in [1.54, 1.807) is 35.9 Å². The van der Waals surface area contributed by atoms with E-state index in [-0.39, 0.29) is 35.5 Å². The molecule has 6 rings (SSSR count). The van der Waals surface area contributed by atoms with Gasteiger partial charge in [-0.05, 0) is 51.8 Å². The second-order valence-electron chi connectivity index (χ2n) is 13.4. The molecule has 4 aromatic rings. The minimum atomic E-state index is -1.68. The number of nitrogens with zero attached hydrogens (tertiary/aromatic N) is 5. The highest BCUT2D eigenvalue weighted by atomic mass is 35.5. The van der Waals surface area contributed by atoms with Crippen LogP contribution in [0.1, 0.15) is 59.9 Å². The maximum absolute atomic E-state index is 14.5. The number of nitriles is 1. The van der Waals surface area contributed by atoms with Gasteiger partial charge < -0.3 is 40.4 Å². The monoisotopic (exact) mass is 784 g/mol. The minimum absolute atomic E-state index is 0.0559. The number of aliphatic hydroxyl groups excluding tert-OH is 1. The normalized spacial score (nSPS) is 20.3. The third kappa shape index (κ3) is 10.6. The number of amides is 1. The molecule has 0 radical (unpaired) electrons. The predicted octanol–water partition coefficient (Wildman–Crippen LogP) is 4.14. The van der Waals surface area contributed by atoms with Gasteiger partial charge in [0.05, 0.1) is 72.7 Å². The smallest absolute Gasteiger partial charge is 0.341 e. The van der Waals surface area contributed by atoms with Crippen molar-refractivity contribution in [3.05, 3.63) is 70.9 Å². The zero-order chi connectivity index (χ0) is 39.7. The molecule has 5 N–H and O–H groups in total. The van der Waals surface area contributed by atoms with Crippen LogP contribution >= 0.6 is 11.6 Å². The summed E-state index contributed by atoms with van der Waals surface area (Å²) < 4.78 is 45.8. The molecule has 6 heterocycles. The number of aromatic nitrogens is 4. The molecule has 4 unspecified atom stereocenters. The van der Waals surface area contributed by atoms with Crippen molar-refractivity contribution in [1.82, 2.24) is 24.8 Å². The Kier molecular flexibility index (Phi) is 13.9. The second-order valence-corrected chi connectivity index (χ2v) is 13.8. The van der Waals surface area contributed by atoms with Gasteiger partial charge in [0.15, 0.2) is 0 Å². The summed E-state index contributed by atoms with van der Waals surface area (Å²) in [6, 6.07) is 7.78. The fourth-order valence-electron chi connectivity index (χ4n) is 5.72. The highest BCUT2D eigenvalue weighted by Crippen LogP contribution is 2.26. The second kappa shape index (κ2) is 18.6. The van der Waals surface area contributed by atoms with Crippen LogP contribution in [-0.4, -0.2) is 117 Å². The summed E-state index contributed by atoms with van der Waals surface area (Å²) in [5, 5.41) is 38.5. The van der Waals surface area contributed by atoms with Crippen LogP contribution in [0, 0.1) is 11.3 Å². The number of rotatable bonds is 11.